The predicted octanol–water partition coefficient (Wildman–Crippen LogP) is 4.24. The molecule has 2 aromatic carbocycles. The molecule has 29 heavy (non-hydrogen) atoms. The van der Waals surface area contributed by atoms with Gasteiger partial charge >= 0.3 is 0 Å². The van der Waals surface area contributed by atoms with E-state index in [0.29, 0.717) is 41.2 Å². The van der Waals surface area contributed by atoms with Crippen molar-refractivity contribution in [2.45, 2.75) is 19.3 Å². The Kier molecular flexibility index (Phi) is 5.15. The molecule has 1 aromatic heterocycles. The fourth-order valence-corrected chi connectivity index (χ4v) is 3.53. The summed E-state index contributed by atoms with van der Waals surface area (Å²) in [5.41, 5.74) is 2.49. The molecule has 1 amide bonds. The zero-order valence-corrected chi connectivity index (χ0v) is 17.1. The predicted molar refractivity (Wildman–Crippen MR) is 109 cm³/mol. The van der Waals surface area contributed by atoms with Gasteiger partial charge in [-0.3, -0.25) is 4.79 Å². The Morgan fingerprint density at radius 3 is 2.66 bits per heavy atom. The number of aryl methyl sites for hydroxylation is 1. The summed E-state index contributed by atoms with van der Waals surface area (Å²) in [5, 5.41) is 4.76. The van der Waals surface area contributed by atoms with Crippen molar-refractivity contribution in [3.05, 3.63) is 52.9 Å². The van der Waals surface area contributed by atoms with E-state index in [1.165, 1.54) is 0 Å². The number of hydrogen-bond donors (Lipinski definition) is 0. The molecule has 0 spiro atoms. The molecule has 150 valence electrons. The third-order valence-electron chi connectivity index (χ3n) is 5.01. The molecule has 0 bridgehead atoms. The highest BCUT2D eigenvalue weighted by Crippen LogP contribution is 2.35. The van der Waals surface area contributed by atoms with Crippen LogP contribution in [0, 0.1) is 6.92 Å². The molecule has 1 aliphatic rings. The summed E-state index contributed by atoms with van der Waals surface area (Å²) in [5.74, 6) is 1.93. The lowest BCUT2D eigenvalue weighted by molar-refractivity contribution is -0.117. The first-order chi connectivity index (χ1) is 14.0. The largest absolute Gasteiger partial charge is 0.493 e. The number of amides is 1. The lowest BCUT2D eigenvalue weighted by Gasteiger charge is -2.17. The van der Waals surface area contributed by atoms with Crippen LogP contribution in [0.1, 0.15) is 23.8 Å². The highest BCUT2D eigenvalue weighted by molar-refractivity contribution is 6.31. The van der Waals surface area contributed by atoms with E-state index in [-0.39, 0.29) is 11.8 Å². The van der Waals surface area contributed by atoms with Crippen molar-refractivity contribution in [2.24, 2.45) is 0 Å². The Morgan fingerprint density at radius 2 is 1.93 bits per heavy atom. The molecule has 4 rings (SSSR count). The van der Waals surface area contributed by atoms with Gasteiger partial charge in [0.25, 0.3) is 0 Å². The maximum Gasteiger partial charge on any atom is 0.232 e. The fraction of sp³-hybridized carbons (Fsp3) is 0.286. The van der Waals surface area contributed by atoms with Gasteiger partial charge in [-0.25, -0.2) is 0 Å². The smallest absolute Gasteiger partial charge is 0.232 e. The summed E-state index contributed by atoms with van der Waals surface area (Å²) in [7, 11) is 3.15. The van der Waals surface area contributed by atoms with Crippen LogP contribution in [-0.2, 0) is 4.79 Å². The molecule has 2 heterocycles. The van der Waals surface area contributed by atoms with E-state index >= 15 is 0 Å². The standard InChI is InChI=1S/C21H20ClN3O4/c1-12-8-15(5-6-16(12)22)25-11-14(10-19(25)26)21-23-20(24-29-21)13-4-7-17(27-2)18(9-13)28-3/h4-9,14H,10-11H2,1-3H3. The molecule has 0 N–H and O–H groups in total. The molecule has 8 heteroatoms. The molecule has 0 aliphatic carbocycles. The van der Waals surface area contributed by atoms with Gasteiger partial charge in [0.2, 0.25) is 17.6 Å². The van der Waals surface area contributed by atoms with Crippen LogP contribution in [0.25, 0.3) is 11.4 Å². The summed E-state index contributed by atoms with van der Waals surface area (Å²) >= 11 is 6.10. The van der Waals surface area contributed by atoms with Crippen molar-refractivity contribution in [1.29, 1.82) is 0 Å². The monoisotopic (exact) mass is 413 g/mol. The van der Waals surface area contributed by atoms with Crippen molar-refractivity contribution >= 4 is 23.2 Å². The van der Waals surface area contributed by atoms with Gasteiger partial charge in [0.05, 0.1) is 20.1 Å². The maximum absolute atomic E-state index is 12.6. The van der Waals surface area contributed by atoms with Crippen molar-refractivity contribution < 1.29 is 18.8 Å². The topological polar surface area (TPSA) is 77.7 Å². The quantitative estimate of drug-likeness (QED) is 0.622. The fourth-order valence-electron chi connectivity index (χ4n) is 3.41. The number of methoxy groups -OCH3 is 2. The van der Waals surface area contributed by atoms with Gasteiger partial charge in [-0.1, -0.05) is 16.8 Å². The van der Waals surface area contributed by atoms with E-state index in [4.69, 9.17) is 25.6 Å². The average Bonchev–Trinajstić information content (AvgIpc) is 3.36. The van der Waals surface area contributed by atoms with Crippen LogP contribution in [0.2, 0.25) is 5.02 Å². The zero-order chi connectivity index (χ0) is 20.5. The number of hydrogen-bond acceptors (Lipinski definition) is 6. The Labute approximate surface area is 173 Å². The van der Waals surface area contributed by atoms with E-state index in [1.807, 2.05) is 25.1 Å². The third-order valence-corrected chi connectivity index (χ3v) is 5.44. The van der Waals surface area contributed by atoms with Crippen LogP contribution in [0.15, 0.2) is 40.9 Å². The number of anilines is 1. The van der Waals surface area contributed by atoms with Gasteiger partial charge in [-0.15, -0.1) is 0 Å². The number of nitrogens with zero attached hydrogens (tertiary/aromatic N) is 3. The summed E-state index contributed by atoms with van der Waals surface area (Å²) < 4.78 is 16.1. The van der Waals surface area contributed by atoms with Crippen molar-refractivity contribution in [3.8, 4) is 22.9 Å². The van der Waals surface area contributed by atoms with Crippen molar-refractivity contribution in [3.63, 3.8) is 0 Å². The van der Waals surface area contributed by atoms with E-state index in [9.17, 15) is 4.79 Å². The Hall–Kier alpha value is -3.06. The minimum absolute atomic E-state index is 0.0163. The van der Waals surface area contributed by atoms with E-state index in [2.05, 4.69) is 10.1 Å². The Balaban J connectivity index is 1.56. The number of carbonyl (C=O) groups is 1. The minimum Gasteiger partial charge on any atom is -0.493 e. The molecule has 1 saturated heterocycles. The average molecular weight is 414 g/mol. The molecule has 3 aromatic rings. The van der Waals surface area contributed by atoms with Gasteiger partial charge in [0.15, 0.2) is 11.5 Å². The van der Waals surface area contributed by atoms with Crippen LogP contribution < -0.4 is 14.4 Å². The Morgan fingerprint density at radius 1 is 1.14 bits per heavy atom. The van der Waals surface area contributed by atoms with Crippen molar-refractivity contribution in [2.75, 3.05) is 25.7 Å². The molecule has 7 nitrogen and oxygen atoms in total. The Bertz CT molecular complexity index is 1070. The summed E-state index contributed by atoms with van der Waals surface area (Å²) in [6.07, 6.45) is 0.315. The number of aromatic nitrogens is 2. The third kappa shape index (κ3) is 3.65. The molecule has 1 atom stereocenters. The SMILES string of the molecule is COc1ccc(-c2noc(C3CC(=O)N(c4ccc(Cl)c(C)c4)C3)n2)cc1OC. The number of benzene rings is 2. The molecule has 1 aliphatic heterocycles. The second-order valence-electron chi connectivity index (χ2n) is 6.86. The first-order valence-electron chi connectivity index (χ1n) is 9.12. The number of rotatable bonds is 5. The maximum atomic E-state index is 12.6. The van der Waals surface area contributed by atoms with Crippen LogP contribution in [0.5, 0.6) is 11.5 Å². The van der Waals surface area contributed by atoms with E-state index in [1.54, 1.807) is 37.3 Å². The van der Waals surface area contributed by atoms with Crippen LogP contribution in [0.3, 0.4) is 0 Å². The van der Waals surface area contributed by atoms with Gasteiger partial charge in [-0.2, -0.15) is 4.98 Å². The lowest BCUT2D eigenvalue weighted by atomic mass is 10.1. The molecular formula is C21H20ClN3O4. The molecule has 0 radical (unpaired) electrons. The summed E-state index contributed by atoms with van der Waals surface area (Å²) in [4.78, 5) is 18.8. The van der Waals surface area contributed by atoms with Gasteiger partial charge < -0.3 is 18.9 Å². The highest BCUT2D eigenvalue weighted by atomic mass is 35.5. The molecule has 1 fully saturated rings. The number of halogens is 1. The normalized spacial score (nSPS) is 16.3. The van der Waals surface area contributed by atoms with E-state index < -0.39 is 0 Å². The molecule has 0 saturated carbocycles. The van der Waals surface area contributed by atoms with Gasteiger partial charge in [0.1, 0.15) is 0 Å². The first-order valence-corrected chi connectivity index (χ1v) is 9.50. The lowest BCUT2D eigenvalue weighted by Crippen LogP contribution is -2.24. The zero-order valence-electron chi connectivity index (χ0n) is 16.3. The van der Waals surface area contributed by atoms with Crippen LogP contribution >= 0.6 is 11.6 Å². The first kappa shape index (κ1) is 19.3. The summed E-state index contributed by atoms with van der Waals surface area (Å²) in [6.45, 7) is 2.39. The number of ether oxygens (including phenoxy) is 2. The number of carbonyl (C=O) groups excluding carboxylic acids is 1. The van der Waals surface area contributed by atoms with Gasteiger partial charge in [-0.05, 0) is 48.9 Å². The van der Waals surface area contributed by atoms with Crippen molar-refractivity contribution in [1.82, 2.24) is 10.1 Å². The van der Waals surface area contributed by atoms with E-state index in [0.717, 1.165) is 16.8 Å². The van der Waals surface area contributed by atoms with Crippen LogP contribution in [-0.4, -0.2) is 36.8 Å². The van der Waals surface area contributed by atoms with Gasteiger partial charge in [0, 0.05) is 29.2 Å². The van der Waals surface area contributed by atoms with Crippen LogP contribution in [0.4, 0.5) is 5.69 Å². The summed E-state index contributed by atoms with van der Waals surface area (Å²) in [6, 6.07) is 11.0. The molecular weight excluding hydrogens is 394 g/mol. The second-order valence-corrected chi connectivity index (χ2v) is 7.27. The highest BCUT2D eigenvalue weighted by Gasteiger charge is 2.35. The second kappa shape index (κ2) is 7.75. The minimum atomic E-state index is -0.167. The molecule has 1 unspecified atom stereocenters.